The Hall–Kier alpha value is -0.590. The highest BCUT2D eigenvalue weighted by Crippen LogP contribution is 2.36. The van der Waals surface area contributed by atoms with Crippen molar-refractivity contribution in [2.75, 3.05) is 0 Å². The lowest BCUT2D eigenvalue weighted by atomic mass is 10.0. The molecule has 7 heteroatoms. The molecule has 0 bridgehead atoms. The Morgan fingerprint density at radius 1 is 0.800 bits per heavy atom. The summed E-state index contributed by atoms with van der Waals surface area (Å²) in [5, 5.41) is -1.48. The average Bonchev–Trinajstić information content (AvgIpc) is 2.32. The molecule has 0 saturated carbocycles. The minimum Gasteiger partial charge on any atom is -0.207 e. The van der Waals surface area contributed by atoms with Gasteiger partial charge in [0.05, 0.1) is 9.85 Å². The van der Waals surface area contributed by atoms with E-state index < -0.39 is 34.2 Å². The molecular weight excluding hydrogens is 427 g/mol. The van der Waals surface area contributed by atoms with E-state index in [0.29, 0.717) is 0 Å². The molecule has 2 aromatic carbocycles. The van der Waals surface area contributed by atoms with Crippen molar-refractivity contribution in [3.05, 3.63) is 67.6 Å². The van der Waals surface area contributed by atoms with Crippen molar-refractivity contribution in [1.82, 2.24) is 0 Å². The molecule has 1 atom stereocenters. The third kappa shape index (κ3) is 3.02. The first-order valence-corrected chi connectivity index (χ1v) is 7.26. The van der Waals surface area contributed by atoms with E-state index in [1.165, 1.54) is 0 Å². The van der Waals surface area contributed by atoms with Gasteiger partial charge in [0.1, 0.15) is 23.3 Å². The minimum atomic E-state index is -1.48. The Labute approximate surface area is 134 Å². The van der Waals surface area contributed by atoms with Crippen LogP contribution in [0, 0.1) is 23.3 Å². The number of hydrogen-bond acceptors (Lipinski definition) is 0. The summed E-state index contributed by atoms with van der Waals surface area (Å²) >= 11 is 11.6. The molecule has 0 nitrogen and oxygen atoms in total. The van der Waals surface area contributed by atoms with Crippen molar-refractivity contribution in [3.63, 3.8) is 0 Å². The first kappa shape index (κ1) is 15.8. The maximum Gasteiger partial charge on any atom is 0.137 e. The predicted octanol–water partition coefficient (Wildman–Crippen LogP) is 6.10. The average molecular weight is 432 g/mol. The minimum absolute atomic E-state index is 0.0978. The SMILES string of the molecule is Fc1cc(C(Cl)c2c(F)cc(Br)cc2F)c(F)cc1Br. The van der Waals surface area contributed by atoms with Gasteiger partial charge >= 0.3 is 0 Å². The monoisotopic (exact) mass is 430 g/mol. The van der Waals surface area contributed by atoms with E-state index in [4.69, 9.17) is 11.6 Å². The lowest BCUT2D eigenvalue weighted by molar-refractivity contribution is 0.547. The highest BCUT2D eigenvalue weighted by molar-refractivity contribution is 9.10. The first-order chi connectivity index (χ1) is 9.31. The smallest absolute Gasteiger partial charge is 0.137 e. The van der Waals surface area contributed by atoms with Crippen LogP contribution in [-0.4, -0.2) is 0 Å². The molecule has 0 aliphatic heterocycles. The lowest BCUT2D eigenvalue weighted by Crippen LogP contribution is -2.04. The van der Waals surface area contributed by atoms with Crippen LogP contribution >= 0.6 is 43.5 Å². The fraction of sp³-hybridized carbons (Fsp3) is 0.0769. The molecule has 0 aliphatic rings. The van der Waals surface area contributed by atoms with Crippen molar-refractivity contribution in [2.24, 2.45) is 0 Å². The number of halogens is 7. The molecular formula is C13H5Br2ClF4. The molecule has 1 unspecified atom stereocenters. The van der Waals surface area contributed by atoms with E-state index in [-0.39, 0.29) is 14.5 Å². The van der Waals surface area contributed by atoms with Gasteiger partial charge in [0.25, 0.3) is 0 Å². The molecule has 0 heterocycles. The van der Waals surface area contributed by atoms with Gasteiger partial charge in [-0.25, -0.2) is 17.6 Å². The van der Waals surface area contributed by atoms with Crippen LogP contribution in [0.2, 0.25) is 0 Å². The molecule has 0 aliphatic carbocycles. The van der Waals surface area contributed by atoms with Crippen molar-refractivity contribution in [1.29, 1.82) is 0 Å². The molecule has 0 N–H and O–H groups in total. The van der Waals surface area contributed by atoms with E-state index >= 15 is 0 Å². The second-order valence-electron chi connectivity index (χ2n) is 3.93. The van der Waals surface area contributed by atoms with Crippen molar-refractivity contribution < 1.29 is 17.6 Å². The quantitative estimate of drug-likeness (QED) is 0.306. The highest BCUT2D eigenvalue weighted by Gasteiger charge is 2.24. The summed E-state index contributed by atoms with van der Waals surface area (Å²) in [6.45, 7) is 0. The van der Waals surface area contributed by atoms with Crippen molar-refractivity contribution in [3.8, 4) is 0 Å². The molecule has 0 radical (unpaired) electrons. The number of benzene rings is 2. The Morgan fingerprint density at radius 2 is 1.35 bits per heavy atom. The van der Waals surface area contributed by atoms with Gasteiger partial charge in [-0.2, -0.15) is 0 Å². The van der Waals surface area contributed by atoms with Crippen LogP contribution in [-0.2, 0) is 0 Å². The number of rotatable bonds is 2. The molecule has 0 spiro atoms. The van der Waals surface area contributed by atoms with E-state index in [1.54, 1.807) is 0 Å². The fourth-order valence-electron chi connectivity index (χ4n) is 1.68. The zero-order valence-electron chi connectivity index (χ0n) is 9.53. The predicted molar refractivity (Wildman–Crippen MR) is 75.8 cm³/mol. The largest absolute Gasteiger partial charge is 0.207 e. The molecule has 0 saturated heterocycles. The maximum atomic E-state index is 13.8. The second-order valence-corrected chi connectivity index (χ2v) is 6.14. The van der Waals surface area contributed by atoms with Crippen LogP contribution in [0.5, 0.6) is 0 Å². The Morgan fingerprint density at radius 3 is 1.90 bits per heavy atom. The molecule has 0 amide bonds. The van der Waals surface area contributed by atoms with E-state index in [2.05, 4.69) is 31.9 Å². The maximum absolute atomic E-state index is 13.8. The normalized spacial score (nSPS) is 12.6. The summed E-state index contributed by atoms with van der Waals surface area (Å²) in [6, 6.07) is 3.66. The third-order valence-electron chi connectivity index (χ3n) is 2.61. The molecule has 0 fully saturated rings. The summed E-state index contributed by atoms with van der Waals surface area (Å²) < 4.78 is 54.9. The van der Waals surface area contributed by atoms with Gasteiger partial charge in [0.15, 0.2) is 0 Å². The van der Waals surface area contributed by atoms with Gasteiger partial charge in [0.2, 0.25) is 0 Å². The van der Waals surface area contributed by atoms with Gasteiger partial charge < -0.3 is 0 Å². The molecule has 2 rings (SSSR count). The standard InChI is InChI=1S/C13H5Br2ClF4/c14-5-1-10(19)12(11(20)2-5)13(16)6-3-9(18)7(15)4-8(6)17/h1-4,13H. The van der Waals surface area contributed by atoms with Gasteiger partial charge in [-0.15, -0.1) is 11.6 Å². The Balaban J connectivity index is 2.57. The van der Waals surface area contributed by atoms with Crippen molar-refractivity contribution >= 4 is 43.5 Å². The van der Waals surface area contributed by atoms with Crippen LogP contribution in [0.4, 0.5) is 17.6 Å². The van der Waals surface area contributed by atoms with Gasteiger partial charge in [-0.3, -0.25) is 0 Å². The van der Waals surface area contributed by atoms with E-state index in [9.17, 15) is 17.6 Å². The van der Waals surface area contributed by atoms with E-state index in [1.807, 2.05) is 0 Å². The molecule has 20 heavy (non-hydrogen) atoms. The van der Waals surface area contributed by atoms with Crippen LogP contribution in [0.3, 0.4) is 0 Å². The van der Waals surface area contributed by atoms with Crippen LogP contribution < -0.4 is 0 Å². The number of alkyl halides is 1. The van der Waals surface area contributed by atoms with Crippen LogP contribution in [0.25, 0.3) is 0 Å². The van der Waals surface area contributed by atoms with Gasteiger partial charge in [-0.05, 0) is 40.2 Å². The second kappa shape index (κ2) is 6.03. The van der Waals surface area contributed by atoms with Gasteiger partial charge in [0, 0.05) is 15.6 Å². The lowest BCUT2D eigenvalue weighted by Gasteiger charge is -2.14. The Kier molecular flexibility index (Phi) is 4.76. The first-order valence-electron chi connectivity index (χ1n) is 5.24. The molecule has 2 aromatic rings. The zero-order chi connectivity index (χ0) is 15.0. The van der Waals surface area contributed by atoms with Crippen molar-refractivity contribution in [2.45, 2.75) is 5.38 Å². The highest BCUT2D eigenvalue weighted by atomic mass is 79.9. The van der Waals surface area contributed by atoms with Crippen LogP contribution in [0.15, 0.2) is 33.2 Å². The summed E-state index contributed by atoms with van der Waals surface area (Å²) in [6.07, 6.45) is 0. The third-order valence-corrected chi connectivity index (χ3v) is 4.13. The summed E-state index contributed by atoms with van der Waals surface area (Å²) in [5.41, 5.74) is -0.872. The van der Waals surface area contributed by atoms with Gasteiger partial charge in [-0.1, -0.05) is 15.9 Å². The fourth-order valence-corrected chi connectivity index (χ4v) is 2.78. The van der Waals surface area contributed by atoms with Crippen LogP contribution in [0.1, 0.15) is 16.5 Å². The topological polar surface area (TPSA) is 0 Å². The van der Waals surface area contributed by atoms with E-state index in [0.717, 1.165) is 24.3 Å². The summed E-state index contributed by atoms with van der Waals surface area (Å²) in [7, 11) is 0. The summed E-state index contributed by atoms with van der Waals surface area (Å²) in [5.74, 6) is -3.52. The Bertz CT molecular complexity index is 653. The summed E-state index contributed by atoms with van der Waals surface area (Å²) in [4.78, 5) is 0. The molecule has 0 aromatic heterocycles. The number of hydrogen-bond donors (Lipinski definition) is 0. The zero-order valence-corrected chi connectivity index (χ0v) is 13.5. The molecule has 106 valence electrons.